The van der Waals surface area contributed by atoms with Gasteiger partial charge in [-0.2, -0.15) is 0 Å². The Balaban J connectivity index is 2.96. The monoisotopic (exact) mass is 196 g/mol. The molecule has 2 rings (SSSR count). The molecule has 0 aliphatic heterocycles. The van der Waals surface area contributed by atoms with Crippen LogP contribution in [-0.4, -0.2) is 0 Å². The molecule has 0 spiro atoms. The van der Waals surface area contributed by atoms with Crippen LogP contribution in [0, 0.1) is 18.6 Å². The predicted molar refractivity (Wildman–Crippen MR) is 47.1 cm³/mol. The van der Waals surface area contributed by atoms with Crippen molar-refractivity contribution in [2.75, 3.05) is 0 Å². The highest BCUT2D eigenvalue weighted by Gasteiger charge is 2.08. The normalized spacial score (nSPS) is 10.8. The van der Waals surface area contributed by atoms with E-state index in [1.807, 2.05) is 0 Å². The summed E-state index contributed by atoms with van der Waals surface area (Å²) in [5, 5.41) is 0.250. The molecule has 0 fully saturated rings. The summed E-state index contributed by atoms with van der Waals surface area (Å²) in [5.74, 6) is -1.56. The Morgan fingerprint density at radius 1 is 1.21 bits per heavy atom. The summed E-state index contributed by atoms with van der Waals surface area (Å²) >= 11 is 0. The molecule has 2 aromatic rings. The maximum absolute atomic E-state index is 13.1. The molecule has 4 heteroatoms. The summed E-state index contributed by atoms with van der Waals surface area (Å²) in [7, 11) is 0. The Morgan fingerprint density at radius 2 is 1.93 bits per heavy atom. The first-order chi connectivity index (χ1) is 6.58. The number of benzene rings is 1. The van der Waals surface area contributed by atoms with Crippen LogP contribution in [0.2, 0.25) is 0 Å². The van der Waals surface area contributed by atoms with E-state index >= 15 is 0 Å². The highest BCUT2D eigenvalue weighted by Crippen LogP contribution is 2.18. The van der Waals surface area contributed by atoms with Crippen molar-refractivity contribution in [3.05, 3.63) is 45.8 Å². The van der Waals surface area contributed by atoms with E-state index < -0.39 is 17.3 Å². The van der Waals surface area contributed by atoms with Crippen molar-refractivity contribution in [1.29, 1.82) is 0 Å². The van der Waals surface area contributed by atoms with Gasteiger partial charge in [0.1, 0.15) is 5.82 Å². The second kappa shape index (κ2) is 2.90. The molecular formula is C10H6F2O2. The lowest BCUT2D eigenvalue weighted by atomic mass is 10.2. The Bertz CT molecular complexity index is 558. The summed E-state index contributed by atoms with van der Waals surface area (Å²) in [6.07, 6.45) is 0. The van der Waals surface area contributed by atoms with Crippen LogP contribution < -0.4 is 5.63 Å². The average Bonchev–Trinajstić information content (AvgIpc) is 2.08. The third kappa shape index (κ3) is 1.28. The topological polar surface area (TPSA) is 30.2 Å². The van der Waals surface area contributed by atoms with E-state index in [1.54, 1.807) is 0 Å². The van der Waals surface area contributed by atoms with Crippen molar-refractivity contribution in [3.8, 4) is 0 Å². The van der Waals surface area contributed by atoms with Gasteiger partial charge < -0.3 is 4.42 Å². The minimum absolute atomic E-state index is 0.206. The van der Waals surface area contributed by atoms with Crippen LogP contribution >= 0.6 is 0 Å². The average molecular weight is 196 g/mol. The van der Waals surface area contributed by atoms with Crippen molar-refractivity contribution in [3.63, 3.8) is 0 Å². The van der Waals surface area contributed by atoms with Crippen LogP contribution in [0.25, 0.3) is 11.0 Å². The first-order valence-corrected chi connectivity index (χ1v) is 3.97. The Kier molecular flexibility index (Phi) is 1.84. The van der Waals surface area contributed by atoms with Gasteiger partial charge in [-0.25, -0.2) is 13.6 Å². The Morgan fingerprint density at radius 3 is 2.64 bits per heavy atom. The number of hydrogen-bond donors (Lipinski definition) is 0. The Hall–Kier alpha value is -1.71. The highest BCUT2D eigenvalue weighted by molar-refractivity contribution is 5.77. The summed E-state index contributed by atoms with van der Waals surface area (Å²) in [4.78, 5) is 11.0. The molecular weight excluding hydrogens is 190 g/mol. The molecule has 0 bridgehead atoms. The van der Waals surface area contributed by atoms with Crippen molar-refractivity contribution >= 4 is 11.0 Å². The summed E-state index contributed by atoms with van der Waals surface area (Å²) in [6, 6.07) is 3.20. The number of hydrogen-bond acceptors (Lipinski definition) is 2. The van der Waals surface area contributed by atoms with Crippen LogP contribution in [-0.2, 0) is 0 Å². The van der Waals surface area contributed by atoms with Crippen molar-refractivity contribution in [1.82, 2.24) is 0 Å². The number of fused-ring (bicyclic) bond motifs is 1. The van der Waals surface area contributed by atoms with Crippen LogP contribution in [0.1, 0.15) is 5.56 Å². The van der Waals surface area contributed by atoms with Crippen molar-refractivity contribution in [2.24, 2.45) is 0 Å². The molecule has 0 aliphatic rings. The largest absolute Gasteiger partial charge is 0.419 e. The lowest BCUT2D eigenvalue weighted by molar-refractivity contribution is 0.513. The summed E-state index contributed by atoms with van der Waals surface area (Å²) < 4.78 is 30.5. The third-order valence-corrected chi connectivity index (χ3v) is 1.93. The minimum Gasteiger partial charge on any atom is -0.419 e. The zero-order valence-electron chi connectivity index (χ0n) is 7.30. The fraction of sp³-hybridized carbons (Fsp3) is 0.100. The predicted octanol–water partition coefficient (Wildman–Crippen LogP) is 2.38. The van der Waals surface area contributed by atoms with Crippen molar-refractivity contribution < 1.29 is 13.2 Å². The van der Waals surface area contributed by atoms with Gasteiger partial charge in [0, 0.05) is 17.0 Å². The van der Waals surface area contributed by atoms with Gasteiger partial charge in [0.05, 0.1) is 0 Å². The molecule has 0 atom stereocenters. The highest BCUT2D eigenvalue weighted by atomic mass is 19.1. The molecule has 0 aliphatic carbocycles. The first kappa shape index (κ1) is 8.87. The van der Waals surface area contributed by atoms with Crippen LogP contribution in [0.5, 0.6) is 0 Å². The maximum Gasteiger partial charge on any atom is 0.339 e. The van der Waals surface area contributed by atoms with Gasteiger partial charge in [-0.1, -0.05) is 0 Å². The van der Waals surface area contributed by atoms with E-state index in [9.17, 15) is 13.6 Å². The van der Waals surface area contributed by atoms with E-state index in [-0.39, 0.29) is 11.0 Å². The van der Waals surface area contributed by atoms with E-state index in [0.717, 1.165) is 6.07 Å². The van der Waals surface area contributed by atoms with E-state index in [1.165, 1.54) is 13.0 Å². The van der Waals surface area contributed by atoms with Gasteiger partial charge in [-0.3, -0.25) is 0 Å². The number of halogens is 2. The second-order valence-corrected chi connectivity index (χ2v) is 3.02. The fourth-order valence-electron chi connectivity index (χ4n) is 1.26. The molecule has 0 amide bonds. The number of rotatable bonds is 0. The molecule has 1 aromatic carbocycles. The fourth-order valence-corrected chi connectivity index (χ4v) is 1.26. The second-order valence-electron chi connectivity index (χ2n) is 3.02. The van der Waals surface area contributed by atoms with Gasteiger partial charge in [0.25, 0.3) is 0 Å². The van der Waals surface area contributed by atoms with Gasteiger partial charge in [-0.05, 0) is 19.1 Å². The first-order valence-electron chi connectivity index (χ1n) is 3.97. The summed E-state index contributed by atoms with van der Waals surface area (Å²) in [5.41, 5.74) is -0.493. The molecule has 1 heterocycles. The van der Waals surface area contributed by atoms with E-state index in [2.05, 4.69) is 4.42 Å². The molecule has 2 nitrogen and oxygen atoms in total. The number of aryl methyl sites for hydroxylation is 1. The van der Waals surface area contributed by atoms with Crippen LogP contribution in [0.3, 0.4) is 0 Å². The van der Waals surface area contributed by atoms with Crippen LogP contribution in [0.4, 0.5) is 8.78 Å². The molecule has 0 unspecified atom stereocenters. The van der Waals surface area contributed by atoms with E-state index in [4.69, 9.17) is 0 Å². The molecule has 0 saturated carbocycles. The maximum atomic E-state index is 13.1. The van der Waals surface area contributed by atoms with Gasteiger partial charge in [-0.15, -0.1) is 0 Å². The third-order valence-electron chi connectivity index (χ3n) is 1.93. The molecule has 1 aromatic heterocycles. The minimum atomic E-state index is -0.864. The standard InChI is InChI=1S/C10H6F2O2/c1-5-2-6-3-7(11)4-8(12)9(6)14-10(5)13/h2-4H,1H3. The SMILES string of the molecule is Cc1cc2cc(F)cc(F)c2oc1=O. The summed E-state index contributed by atoms with van der Waals surface area (Å²) in [6.45, 7) is 1.52. The zero-order valence-corrected chi connectivity index (χ0v) is 7.30. The van der Waals surface area contributed by atoms with Crippen LogP contribution in [0.15, 0.2) is 27.4 Å². The quantitative estimate of drug-likeness (QED) is 0.605. The lowest BCUT2D eigenvalue weighted by Gasteiger charge is -1.99. The lowest BCUT2D eigenvalue weighted by Crippen LogP contribution is -2.02. The van der Waals surface area contributed by atoms with Gasteiger partial charge >= 0.3 is 5.63 Å². The molecule has 14 heavy (non-hydrogen) atoms. The van der Waals surface area contributed by atoms with Crippen molar-refractivity contribution in [2.45, 2.75) is 6.92 Å². The zero-order chi connectivity index (χ0) is 10.3. The smallest absolute Gasteiger partial charge is 0.339 e. The van der Waals surface area contributed by atoms with Gasteiger partial charge in [0.15, 0.2) is 11.4 Å². The molecule has 72 valence electrons. The van der Waals surface area contributed by atoms with Gasteiger partial charge in [0.2, 0.25) is 0 Å². The molecule has 0 saturated heterocycles. The van der Waals surface area contributed by atoms with E-state index in [0.29, 0.717) is 11.6 Å². The Labute approximate surface area is 77.8 Å². The molecule has 0 N–H and O–H groups in total. The molecule has 0 radical (unpaired) electrons.